The van der Waals surface area contributed by atoms with Gasteiger partial charge in [-0.15, -0.1) is 0 Å². The van der Waals surface area contributed by atoms with Crippen molar-refractivity contribution in [3.05, 3.63) is 70.8 Å². The van der Waals surface area contributed by atoms with Gasteiger partial charge < -0.3 is 4.42 Å². The van der Waals surface area contributed by atoms with Gasteiger partial charge in [0, 0.05) is 10.6 Å². The quantitative estimate of drug-likeness (QED) is 0.574. The van der Waals surface area contributed by atoms with Gasteiger partial charge >= 0.3 is 0 Å². The van der Waals surface area contributed by atoms with E-state index in [0.29, 0.717) is 28.1 Å². The SMILES string of the molecule is Cc1oc(-c2ccc(Cl)cc2)nc1CN1N=NC2C(=O)N(c3ccc(F)cc3)C(=O)C21. The van der Waals surface area contributed by atoms with E-state index in [2.05, 4.69) is 15.3 Å². The van der Waals surface area contributed by atoms with E-state index in [9.17, 15) is 14.0 Å². The van der Waals surface area contributed by atoms with Crippen LogP contribution in [-0.4, -0.2) is 33.9 Å². The summed E-state index contributed by atoms with van der Waals surface area (Å²) in [6.07, 6.45) is 0. The van der Waals surface area contributed by atoms with Gasteiger partial charge in [-0.1, -0.05) is 16.8 Å². The van der Waals surface area contributed by atoms with Crippen molar-refractivity contribution in [2.75, 3.05) is 4.90 Å². The Morgan fingerprint density at radius 3 is 2.48 bits per heavy atom. The molecule has 0 spiro atoms. The number of hydrogen-bond acceptors (Lipinski definition) is 7. The number of anilines is 1. The molecule has 1 saturated heterocycles. The highest BCUT2D eigenvalue weighted by Gasteiger charge is 2.54. The van der Waals surface area contributed by atoms with Crippen LogP contribution in [0.4, 0.5) is 10.1 Å². The molecule has 10 heteroatoms. The van der Waals surface area contributed by atoms with E-state index in [-0.39, 0.29) is 6.54 Å². The molecular weight excluding hydrogens is 425 g/mol. The Kier molecular flexibility index (Phi) is 4.55. The van der Waals surface area contributed by atoms with Crippen molar-refractivity contribution in [3.63, 3.8) is 0 Å². The minimum atomic E-state index is -0.944. The predicted molar refractivity (Wildman–Crippen MR) is 109 cm³/mol. The zero-order valence-corrected chi connectivity index (χ0v) is 17.0. The number of aryl methyl sites for hydroxylation is 1. The van der Waals surface area contributed by atoms with Crippen molar-refractivity contribution in [2.24, 2.45) is 10.3 Å². The number of rotatable bonds is 4. The van der Waals surface area contributed by atoms with Crippen LogP contribution < -0.4 is 4.90 Å². The first-order valence-corrected chi connectivity index (χ1v) is 9.83. The Balaban J connectivity index is 1.39. The first kappa shape index (κ1) is 19.4. The van der Waals surface area contributed by atoms with Crippen LogP contribution >= 0.6 is 11.6 Å². The Bertz CT molecular complexity index is 1210. The van der Waals surface area contributed by atoms with Gasteiger partial charge in [0.2, 0.25) is 5.89 Å². The number of fused-ring (bicyclic) bond motifs is 1. The molecule has 31 heavy (non-hydrogen) atoms. The van der Waals surface area contributed by atoms with E-state index in [4.69, 9.17) is 16.0 Å². The summed E-state index contributed by atoms with van der Waals surface area (Å²) in [5.41, 5.74) is 1.63. The molecule has 2 atom stereocenters. The monoisotopic (exact) mass is 439 g/mol. The smallest absolute Gasteiger partial charge is 0.263 e. The third-order valence-electron chi connectivity index (χ3n) is 5.24. The molecule has 2 amide bonds. The van der Waals surface area contributed by atoms with Gasteiger partial charge in [-0.05, 0) is 55.5 Å². The molecule has 0 saturated carbocycles. The van der Waals surface area contributed by atoms with E-state index < -0.39 is 29.7 Å². The lowest BCUT2D eigenvalue weighted by Crippen LogP contribution is -2.39. The van der Waals surface area contributed by atoms with Gasteiger partial charge in [0.1, 0.15) is 17.3 Å². The van der Waals surface area contributed by atoms with Crippen LogP contribution in [0.25, 0.3) is 11.5 Å². The number of carbonyl (C=O) groups excluding carboxylic acids is 2. The normalized spacial score (nSPS) is 20.1. The molecule has 156 valence electrons. The van der Waals surface area contributed by atoms with Crippen molar-refractivity contribution < 1.29 is 18.4 Å². The van der Waals surface area contributed by atoms with Gasteiger partial charge in [-0.2, -0.15) is 5.11 Å². The summed E-state index contributed by atoms with van der Waals surface area (Å²) in [7, 11) is 0. The molecule has 2 aliphatic heterocycles. The van der Waals surface area contributed by atoms with Gasteiger partial charge in [0.25, 0.3) is 11.8 Å². The largest absolute Gasteiger partial charge is 0.441 e. The molecule has 3 heterocycles. The van der Waals surface area contributed by atoms with E-state index in [1.165, 1.54) is 29.3 Å². The standard InChI is InChI=1S/C21H15ClFN5O3/c1-11-16(24-19(31-11)12-2-4-13(22)5-3-12)10-27-18-17(25-26-27)20(29)28(21(18)30)15-8-6-14(23)7-9-15/h2-9,17-18H,10H2,1H3. The van der Waals surface area contributed by atoms with Crippen LogP contribution in [0.2, 0.25) is 5.02 Å². The van der Waals surface area contributed by atoms with Crippen LogP contribution in [-0.2, 0) is 16.1 Å². The zero-order chi connectivity index (χ0) is 21.7. The average molecular weight is 440 g/mol. The van der Waals surface area contributed by atoms with Gasteiger partial charge in [0.05, 0.1) is 12.2 Å². The molecule has 3 aromatic rings. The summed E-state index contributed by atoms with van der Waals surface area (Å²) in [6.45, 7) is 1.91. The third-order valence-corrected chi connectivity index (χ3v) is 5.49. The molecular formula is C21H15ClFN5O3. The van der Waals surface area contributed by atoms with Crippen LogP contribution in [0.3, 0.4) is 0 Å². The summed E-state index contributed by atoms with van der Waals surface area (Å²) in [5, 5.41) is 10.1. The number of carbonyl (C=O) groups is 2. The van der Waals surface area contributed by atoms with Crippen molar-refractivity contribution in [1.82, 2.24) is 9.99 Å². The number of nitrogens with zero attached hydrogens (tertiary/aromatic N) is 5. The Morgan fingerprint density at radius 1 is 1.06 bits per heavy atom. The molecule has 0 N–H and O–H groups in total. The van der Waals surface area contributed by atoms with E-state index >= 15 is 0 Å². The summed E-state index contributed by atoms with van der Waals surface area (Å²) >= 11 is 5.93. The lowest BCUT2D eigenvalue weighted by molar-refractivity contribution is -0.123. The molecule has 1 fully saturated rings. The number of amides is 2. The molecule has 5 rings (SSSR count). The Labute approximate surface area is 180 Å². The average Bonchev–Trinajstić information content (AvgIpc) is 3.40. The Morgan fingerprint density at radius 2 is 1.77 bits per heavy atom. The Hall–Kier alpha value is -3.59. The summed E-state index contributed by atoms with van der Waals surface area (Å²) in [4.78, 5) is 31.3. The van der Waals surface area contributed by atoms with E-state index in [1.54, 1.807) is 31.2 Å². The highest BCUT2D eigenvalue weighted by Crippen LogP contribution is 2.33. The third kappa shape index (κ3) is 3.27. The zero-order valence-electron chi connectivity index (χ0n) is 16.2. The van der Waals surface area contributed by atoms with Gasteiger partial charge in [-0.3, -0.25) is 14.6 Å². The number of halogens is 2. The first-order chi connectivity index (χ1) is 14.9. The fourth-order valence-electron chi connectivity index (χ4n) is 3.64. The maximum atomic E-state index is 13.2. The first-order valence-electron chi connectivity index (χ1n) is 9.45. The van der Waals surface area contributed by atoms with Gasteiger partial charge in [-0.25, -0.2) is 14.3 Å². The summed E-state index contributed by atoms with van der Waals surface area (Å²) in [5.74, 6) is -0.436. The fourth-order valence-corrected chi connectivity index (χ4v) is 3.77. The lowest BCUT2D eigenvalue weighted by Gasteiger charge is -2.19. The van der Waals surface area contributed by atoms with Crippen molar-refractivity contribution >= 4 is 29.1 Å². The number of benzene rings is 2. The second-order valence-corrected chi connectivity index (χ2v) is 7.65. The van der Waals surface area contributed by atoms with Crippen LogP contribution in [0, 0.1) is 12.7 Å². The minimum Gasteiger partial charge on any atom is -0.441 e. The predicted octanol–water partition coefficient (Wildman–Crippen LogP) is 3.94. The maximum absolute atomic E-state index is 13.2. The molecule has 0 bridgehead atoms. The van der Waals surface area contributed by atoms with Crippen molar-refractivity contribution in [2.45, 2.75) is 25.6 Å². The maximum Gasteiger partial charge on any atom is 0.263 e. The molecule has 2 aliphatic rings. The number of oxazole rings is 1. The lowest BCUT2D eigenvalue weighted by atomic mass is 10.1. The minimum absolute atomic E-state index is 0.143. The molecule has 1 aromatic heterocycles. The fraction of sp³-hybridized carbons (Fsp3) is 0.190. The van der Waals surface area contributed by atoms with E-state index in [1.807, 2.05) is 0 Å². The summed E-state index contributed by atoms with van der Waals surface area (Å²) in [6, 6.07) is 10.4. The molecule has 0 aliphatic carbocycles. The highest BCUT2D eigenvalue weighted by molar-refractivity contribution is 6.30. The molecule has 2 unspecified atom stereocenters. The van der Waals surface area contributed by atoms with E-state index in [0.717, 1.165) is 10.5 Å². The second kappa shape index (κ2) is 7.28. The second-order valence-electron chi connectivity index (χ2n) is 7.21. The highest BCUT2D eigenvalue weighted by atomic mass is 35.5. The van der Waals surface area contributed by atoms with Gasteiger partial charge in [0.15, 0.2) is 12.1 Å². The molecule has 2 aromatic carbocycles. The van der Waals surface area contributed by atoms with Crippen LogP contribution in [0.1, 0.15) is 11.5 Å². The number of hydrogen-bond donors (Lipinski definition) is 0. The van der Waals surface area contributed by atoms with Crippen molar-refractivity contribution in [1.29, 1.82) is 0 Å². The number of aromatic nitrogens is 1. The summed E-state index contributed by atoms with van der Waals surface area (Å²) < 4.78 is 19.0. The van der Waals surface area contributed by atoms with Crippen LogP contribution in [0.5, 0.6) is 0 Å². The van der Waals surface area contributed by atoms with Crippen LogP contribution in [0.15, 0.2) is 63.3 Å². The van der Waals surface area contributed by atoms with Crippen molar-refractivity contribution in [3.8, 4) is 11.5 Å². The number of imide groups is 1. The molecule has 0 radical (unpaired) electrons. The topological polar surface area (TPSA) is 91.4 Å². The molecule has 8 nitrogen and oxygen atoms in total.